The molecule has 0 heterocycles. The maximum Gasteiger partial charge on any atom is 0.0895 e. The first-order chi connectivity index (χ1) is 3.81. The normalized spacial score (nSPS) is 13.9. The fourth-order valence-electron chi connectivity index (χ4n) is 0.318. The summed E-state index contributed by atoms with van der Waals surface area (Å²) in [5.74, 6) is 0. The van der Waals surface area contributed by atoms with Crippen LogP contribution in [0.4, 0.5) is 0 Å². The summed E-state index contributed by atoms with van der Waals surface area (Å²) >= 11 is 0. The molecule has 0 spiro atoms. The second-order valence-corrected chi connectivity index (χ2v) is 1.53. The van der Waals surface area contributed by atoms with Gasteiger partial charge in [0.25, 0.3) is 0 Å². The van der Waals surface area contributed by atoms with Crippen LogP contribution in [-0.4, -0.2) is 29.5 Å². The predicted octanol–water partition coefficient (Wildman–Crippen LogP) is -0.889. The Bertz CT molecular complexity index is 49.7. The summed E-state index contributed by atoms with van der Waals surface area (Å²) in [5, 5.41) is 19.7. The van der Waals surface area contributed by atoms with Gasteiger partial charge in [-0.2, -0.15) is 0 Å². The van der Waals surface area contributed by atoms with Crippen molar-refractivity contribution in [2.75, 3.05) is 13.2 Å². The SMILES string of the molecule is C[CH]NCC(O)CO. The Labute approximate surface area is 49.3 Å². The minimum absolute atomic E-state index is 0.180. The number of hydrogen-bond acceptors (Lipinski definition) is 3. The molecule has 0 aromatic rings. The van der Waals surface area contributed by atoms with Gasteiger partial charge < -0.3 is 15.5 Å². The van der Waals surface area contributed by atoms with Gasteiger partial charge >= 0.3 is 0 Å². The van der Waals surface area contributed by atoms with Gasteiger partial charge in [0, 0.05) is 13.1 Å². The molecule has 0 aliphatic carbocycles. The zero-order valence-corrected chi connectivity index (χ0v) is 4.96. The minimum Gasteiger partial charge on any atom is -0.394 e. The Hall–Kier alpha value is -0.120. The molecule has 1 radical (unpaired) electrons. The molecular formula is C5H12NO2. The van der Waals surface area contributed by atoms with Gasteiger partial charge in [-0.25, -0.2) is 0 Å². The molecule has 0 amide bonds. The average Bonchev–Trinajstić information content (AvgIpc) is 1.83. The molecule has 0 aromatic heterocycles. The highest BCUT2D eigenvalue weighted by molar-refractivity contribution is 4.59. The molecule has 0 aliphatic rings. The average molecular weight is 118 g/mol. The molecular weight excluding hydrogens is 106 g/mol. The van der Waals surface area contributed by atoms with E-state index < -0.39 is 6.10 Å². The molecule has 0 fully saturated rings. The Kier molecular flexibility index (Phi) is 4.95. The smallest absolute Gasteiger partial charge is 0.0895 e. The van der Waals surface area contributed by atoms with Crippen LogP contribution in [0.5, 0.6) is 0 Å². The molecule has 0 saturated heterocycles. The van der Waals surface area contributed by atoms with Crippen molar-refractivity contribution in [3.8, 4) is 0 Å². The van der Waals surface area contributed by atoms with E-state index in [1.54, 1.807) is 6.54 Å². The summed E-state index contributed by atoms with van der Waals surface area (Å²) < 4.78 is 0. The number of rotatable bonds is 4. The molecule has 1 unspecified atom stereocenters. The molecule has 0 rings (SSSR count). The fraction of sp³-hybridized carbons (Fsp3) is 0.800. The van der Waals surface area contributed by atoms with Gasteiger partial charge in [0.15, 0.2) is 0 Å². The van der Waals surface area contributed by atoms with E-state index in [1.807, 2.05) is 6.92 Å². The van der Waals surface area contributed by atoms with E-state index in [-0.39, 0.29) is 6.61 Å². The lowest BCUT2D eigenvalue weighted by atomic mass is 10.4. The van der Waals surface area contributed by atoms with Crippen LogP contribution >= 0.6 is 0 Å². The van der Waals surface area contributed by atoms with Crippen LogP contribution < -0.4 is 5.32 Å². The molecule has 0 aliphatic heterocycles. The molecule has 1 atom stereocenters. The predicted molar refractivity (Wildman–Crippen MR) is 31.1 cm³/mol. The first-order valence-electron chi connectivity index (χ1n) is 2.61. The van der Waals surface area contributed by atoms with E-state index in [1.165, 1.54) is 0 Å². The largest absolute Gasteiger partial charge is 0.394 e. The Morgan fingerprint density at radius 3 is 2.75 bits per heavy atom. The first kappa shape index (κ1) is 7.88. The summed E-state index contributed by atoms with van der Waals surface area (Å²) in [4.78, 5) is 0. The topological polar surface area (TPSA) is 52.5 Å². The summed E-state index contributed by atoms with van der Waals surface area (Å²) in [5.41, 5.74) is 0. The first-order valence-corrected chi connectivity index (χ1v) is 2.61. The lowest BCUT2D eigenvalue weighted by molar-refractivity contribution is 0.0963. The fourth-order valence-corrected chi connectivity index (χ4v) is 0.318. The third kappa shape index (κ3) is 4.05. The summed E-state index contributed by atoms with van der Waals surface area (Å²) in [7, 11) is 0. The van der Waals surface area contributed by atoms with Crippen LogP contribution in [0.25, 0.3) is 0 Å². The van der Waals surface area contributed by atoms with Gasteiger partial charge in [0.05, 0.1) is 12.7 Å². The van der Waals surface area contributed by atoms with E-state index in [9.17, 15) is 0 Å². The number of aliphatic hydroxyl groups excluding tert-OH is 2. The van der Waals surface area contributed by atoms with Crippen molar-refractivity contribution in [3.05, 3.63) is 6.54 Å². The van der Waals surface area contributed by atoms with Crippen LogP contribution in [0.15, 0.2) is 0 Å². The van der Waals surface area contributed by atoms with Crippen LogP contribution in [0.1, 0.15) is 6.92 Å². The summed E-state index contributed by atoms with van der Waals surface area (Å²) in [6.07, 6.45) is -0.633. The van der Waals surface area contributed by atoms with Crippen molar-refractivity contribution in [3.63, 3.8) is 0 Å². The zero-order chi connectivity index (χ0) is 6.41. The molecule has 0 bridgehead atoms. The number of hydrogen-bond donors (Lipinski definition) is 3. The third-order valence-electron chi connectivity index (χ3n) is 0.768. The van der Waals surface area contributed by atoms with Gasteiger partial charge in [-0.3, -0.25) is 0 Å². The van der Waals surface area contributed by atoms with Crippen molar-refractivity contribution >= 4 is 0 Å². The summed E-state index contributed by atoms with van der Waals surface area (Å²) in [6.45, 7) is 3.79. The van der Waals surface area contributed by atoms with Crippen molar-refractivity contribution in [1.29, 1.82) is 0 Å². The molecule has 8 heavy (non-hydrogen) atoms. The molecule has 3 nitrogen and oxygen atoms in total. The molecule has 3 N–H and O–H groups in total. The standard InChI is InChI=1S/C5H12NO2/c1-2-6-3-5(8)4-7/h2,5-8H,3-4H2,1H3. The lowest BCUT2D eigenvalue weighted by Crippen LogP contribution is -2.26. The van der Waals surface area contributed by atoms with Crippen LogP contribution in [0, 0.1) is 6.54 Å². The van der Waals surface area contributed by atoms with Crippen LogP contribution in [0.3, 0.4) is 0 Å². The van der Waals surface area contributed by atoms with Gasteiger partial charge in [0.1, 0.15) is 0 Å². The maximum absolute atomic E-state index is 8.66. The van der Waals surface area contributed by atoms with Gasteiger partial charge in [-0.1, -0.05) is 0 Å². The number of nitrogens with one attached hydrogen (secondary N) is 1. The highest BCUT2D eigenvalue weighted by Crippen LogP contribution is 1.75. The van der Waals surface area contributed by atoms with E-state index in [4.69, 9.17) is 10.2 Å². The minimum atomic E-state index is -0.633. The molecule has 49 valence electrons. The van der Waals surface area contributed by atoms with Gasteiger partial charge in [-0.05, 0) is 6.92 Å². The van der Waals surface area contributed by atoms with E-state index in [2.05, 4.69) is 5.32 Å². The lowest BCUT2D eigenvalue weighted by Gasteiger charge is -2.04. The monoisotopic (exact) mass is 118 g/mol. The Morgan fingerprint density at radius 1 is 1.75 bits per heavy atom. The Morgan fingerprint density at radius 2 is 2.38 bits per heavy atom. The number of aliphatic hydroxyl groups is 2. The quantitative estimate of drug-likeness (QED) is 0.449. The Balaban J connectivity index is 2.86. The van der Waals surface area contributed by atoms with E-state index >= 15 is 0 Å². The summed E-state index contributed by atoms with van der Waals surface area (Å²) in [6, 6.07) is 0. The maximum atomic E-state index is 8.66. The third-order valence-corrected chi connectivity index (χ3v) is 0.768. The van der Waals surface area contributed by atoms with Crippen molar-refractivity contribution in [2.24, 2.45) is 0 Å². The molecule has 0 aromatic carbocycles. The van der Waals surface area contributed by atoms with E-state index in [0.29, 0.717) is 6.54 Å². The highest BCUT2D eigenvalue weighted by atomic mass is 16.3. The molecule has 0 saturated carbocycles. The van der Waals surface area contributed by atoms with Crippen molar-refractivity contribution in [2.45, 2.75) is 13.0 Å². The zero-order valence-electron chi connectivity index (χ0n) is 4.96. The highest BCUT2D eigenvalue weighted by Gasteiger charge is 1.97. The molecule has 3 heteroatoms. The van der Waals surface area contributed by atoms with Crippen LogP contribution in [-0.2, 0) is 0 Å². The van der Waals surface area contributed by atoms with Gasteiger partial charge in [0.2, 0.25) is 0 Å². The van der Waals surface area contributed by atoms with E-state index in [0.717, 1.165) is 0 Å². The second-order valence-electron chi connectivity index (χ2n) is 1.53. The van der Waals surface area contributed by atoms with Crippen molar-refractivity contribution in [1.82, 2.24) is 5.32 Å². The van der Waals surface area contributed by atoms with Gasteiger partial charge in [-0.15, -0.1) is 0 Å². The second kappa shape index (κ2) is 5.03. The van der Waals surface area contributed by atoms with Crippen molar-refractivity contribution < 1.29 is 10.2 Å². The van der Waals surface area contributed by atoms with Crippen LogP contribution in [0.2, 0.25) is 0 Å².